The second kappa shape index (κ2) is 5.08. The van der Waals surface area contributed by atoms with E-state index in [0.29, 0.717) is 5.02 Å². The van der Waals surface area contributed by atoms with E-state index in [2.05, 4.69) is 5.32 Å². The van der Waals surface area contributed by atoms with Crippen molar-refractivity contribution in [3.05, 3.63) is 70.8 Å². The predicted molar refractivity (Wildman–Crippen MR) is 79.3 cm³/mol. The average Bonchev–Trinajstić information content (AvgIpc) is 2.45. The predicted octanol–water partition coefficient (Wildman–Crippen LogP) is 3.88. The Morgan fingerprint density at radius 1 is 1.00 bits per heavy atom. The minimum Gasteiger partial charge on any atom is -0.386 e. The van der Waals surface area contributed by atoms with E-state index in [0.717, 1.165) is 16.8 Å². The van der Waals surface area contributed by atoms with Gasteiger partial charge in [0.05, 0.1) is 6.04 Å². The summed E-state index contributed by atoms with van der Waals surface area (Å²) in [4.78, 5) is 0. The Hall–Kier alpha value is -1.77. The quantitative estimate of drug-likeness (QED) is 0.869. The third kappa shape index (κ3) is 2.50. The lowest BCUT2D eigenvalue weighted by atomic mass is 9.91. The first kappa shape index (κ1) is 12.3. The van der Waals surface area contributed by atoms with Gasteiger partial charge in [0.2, 0.25) is 0 Å². The highest BCUT2D eigenvalue weighted by Gasteiger charge is 2.23. The molecular formula is C16H14ClNO. The molecule has 19 heavy (non-hydrogen) atoms. The molecule has 0 fully saturated rings. The summed E-state index contributed by atoms with van der Waals surface area (Å²) in [7, 11) is 0. The van der Waals surface area contributed by atoms with Crippen LogP contribution in [0.25, 0.3) is 6.08 Å². The van der Waals surface area contributed by atoms with Gasteiger partial charge in [-0.2, -0.15) is 0 Å². The number of benzene rings is 2. The molecule has 0 aliphatic heterocycles. The van der Waals surface area contributed by atoms with Crippen molar-refractivity contribution < 1.29 is 5.11 Å². The third-order valence-corrected chi connectivity index (χ3v) is 3.57. The molecule has 0 saturated carbocycles. The van der Waals surface area contributed by atoms with Crippen LogP contribution < -0.4 is 5.32 Å². The molecule has 0 radical (unpaired) electrons. The van der Waals surface area contributed by atoms with E-state index in [1.807, 2.05) is 60.7 Å². The second-order valence-electron chi connectivity index (χ2n) is 4.61. The Kier molecular flexibility index (Phi) is 3.28. The number of hydrogen-bond donors (Lipinski definition) is 2. The molecule has 96 valence electrons. The molecule has 3 heteroatoms. The van der Waals surface area contributed by atoms with E-state index in [4.69, 9.17) is 11.6 Å². The monoisotopic (exact) mass is 271 g/mol. The zero-order valence-electron chi connectivity index (χ0n) is 10.3. The highest BCUT2D eigenvalue weighted by atomic mass is 35.5. The van der Waals surface area contributed by atoms with E-state index in [1.165, 1.54) is 0 Å². The van der Waals surface area contributed by atoms with E-state index >= 15 is 0 Å². The lowest BCUT2D eigenvalue weighted by Crippen LogP contribution is -2.27. The largest absolute Gasteiger partial charge is 0.386 e. The van der Waals surface area contributed by atoms with Crippen LogP contribution in [0, 0.1) is 0 Å². The van der Waals surface area contributed by atoms with Crippen LogP contribution in [-0.4, -0.2) is 11.1 Å². The fourth-order valence-electron chi connectivity index (χ4n) is 2.30. The van der Waals surface area contributed by atoms with Crippen LogP contribution in [0.3, 0.4) is 0 Å². The standard InChI is InChI=1S/C16H14ClNO/c17-12-6-8-13(9-7-12)18-15-10-5-11-3-1-2-4-14(11)16(15)19/h1-10,15-16,18-19H/t15-,16-/m1/s1. The van der Waals surface area contributed by atoms with Crippen molar-refractivity contribution in [2.45, 2.75) is 12.1 Å². The molecule has 0 bridgehead atoms. The maximum absolute atomic E-state index is 10.4. The zero-order chi connectivity index (χ0) is 13.2. The van der Waals surface area contributed by atoms with Gasteiger partial charge >= 0.3 is 0 Å². The molecule has 0 unspecified atom stereocenters. The number of nitrogens with one attached hydrogen (secondary N) is 1. The molecule has 0 amide bonds. The van der Waals surface area contributed by atoms with E-state index < -0.39 is 6.10 Å². The summed E-state index contributed by atoms with van der Waals surface area (Å²) in [5, 5.41) is 14.4. The number of fused-ring (bicyclic) bond motifs is 1. The maximum Gasteiger partial charge on any atom is 0.103 e. The Morgan fingerprint density at radius 2 is 1.74 bits per heavy atom. The molecule has 2 N–H and O–H groups in total. The lowest BCUT2D eigenvalue weighted by molar-refractivity contribution is 0.168. The Balaban J connectivity index is 1.83. The summed E-state index contributed by atoms with van der Waals surface area (Å²) in [5.41, 5.74) is 2.97. The molecule has 2 atom stereocenters. The number of aliphatic hydroxyl groups is 1. The minimum atomic E-state index is -0.545. The Morgan fingerprint density at radius 3 is 2.53 bits per heavy atom. The maximum atomic E-state index is 10.4. The molecule has 0 aromatic heterocycles. The van der Waals surface area contributed by atoms with Crippen LogP contribution in [0.1, 0.15) is 17.2 Å². The molecule has 0 spiro atoms. The van der Waals surface area contributed by atoms with Gasteiger partial charge in [-0.3, -0.25) is 0 Å². The van der Waals surface area contributed by atoms with Gasteiger partial charge < -0.3 is 10.4 Å². The molecule has 3 rings (SSSR count). The van der Waals surface area contributed by atoms with Gasteiger partial charge in [-0.15, -0.1) is 0 Å². The van der Waals surface area contributed by atoms with Crippen molar-refractivity contribution >= 4 is 23.4 Å². The lowest BCUT2D eigenvalue weighted by Gasteiger charge is -2.27. The molecule has 0 saturated heterocycles. The van der Waals surface area contributed by atoms with Gasteiger partial charge in [0.1, 0.15) is 6.10 Å². The molecule has 1 aliphatic rings. The molecule has 2 nitrogen and oxygen atoms in total. The van der Waals surface area contributed by atoms with Crippen LogP contribution in [0.4, 0.5) is 5.69 Å². The smallest absolute Gasteiger partial charge is 0.103 e. The Bertz CT molecular complexity index is 606. The van der Waals surface area contributed by atoms with E-state index in [-0.39, 0.29) is 6.04 Å². The molecular weight excluding hydrogens is 258 g/mol. The summed E-state index contributed by atoms with van der Waals surface area (Å²) in [6.45, 7) is 0. The summed E-state index contributed by atoms with van der Waals surface area (Å²) >= 11 is 5.86. The van der Waals surface area contributed by atoms with Crippen molar-refractivity contribution in [2.75, 3.05) is 5.32 Å². The number of anilines is 1. The van der Waals surface area contributed by atoms with Crippen LogP contribution in [-0.2, 0) is 0 Å². The van der Waals surface area contributed by atoms with Gasteiger partial charge in [0.15, 0.2) is 0 Å². The van der Waals surface area contributed by atoms with Gasteiger partial charge in [-0.1, -0.05) is 48.0 Å². The first-order valence-electron chi connectivity index (χ1n) is 6.21. The van der Waals surface area contributed by atoms with Crippen LogP contribution >= 0.6 is 11.6 Å². The first-order chi connectivity index (χ1) is 9.24. The van der Waals surface area contributed by atoms with Gasteiger partial charge in [-0.05, 0) is 35.4 Å². The van der Waals surface area contributed by atoms with Gasteiger partial charge in [0.25, 0.3) is 0 Å². The summed E-state index contributed by atoms with van der Waals surface area (Å²) < 4.78 is 0. The number of rotatable bonds is 2. The van der Waals surface area contributed by atoms with Gasteiger partial charge in [-0.25, -0.2) is 0 Å². The summed E-state index contributed by atoms with van der Waals surface area (Å²) in [5.74, 6) is 0. The molecule has 2 aromatic carbocycles. The van der Waals surface area contributed by atoms with Crippen molar-refractivity contribution in [3.63, 3.8) is 0 Å². The summed E-state index contributed by atoms with van der Waals surface area (Å²) in [6, 6.07) is 15.2. The SMILES string of the molecule is O[C@@H]1c2ccccc2C=C[C@H]1Nc1ccc(Cl)cc1. The molecule has 1 aliphatic carbocycles. The topological polar surface area (TPSA) is 32.3 Å². The summed E-state index contributed by atoms with van der Waals surface area (Å²) in [6.07, 6.45) is 3.48. The van der Waals surface area contributed by atoms with Crippen molar-refractivity contribution in [3.8, 4) is 0 Å². The highest BCUT2D eigenvalue weighted by Crippen LogP contribution is 2.29. The van der Waals surface area contributed by atoms with Crippen LogP contribution in [0.15, 0.2) is 54.6 Å². The van der Waals surface area contributed by atoms with Crippen LogP contribution in [0.5, 0.6) is 0 Å². The average molecular weight is 272 g/mol. The normalized spacial score (nSPS) is 20.9. The third-order valence-electron chi connectivity index (χ3n) is 3.32. The van der Waals surface area contributed by atoms with Crippen LogP contribution in [0.2, 0.25) is 5.02 Å². The van der Waals surface area contributed by atoms with E-state index in [1.54, 1.807) is 0 Å². The first-order valence-corrected chi connectivity index (χ1v) is 6.59. The Labute approximate surface area is 117 Å². The number of halogens is 1. The molecule has 0 heterocycles. The molecule has 2 aromatic rings. The van der Waals surface area contributed by atoms with Crippen molar-refractivity contribution in [1.29, 1.82) is 0 Å². The number of hydrogen-bond acceptors (Lipinski definition) is 2. The fourth-order valence-corrected chi connectivity index (χ4v) is 2.43. The second-order valence-corrected chi connectivity index (χ2v) is 5.05. The fraction of sp³-hybridized carbons (Fsp3) is 0.125. The number of aliphatic hydroxyl groups excluding tert-OH is 1. The van der Waals surface area contributed by atoms with Crippen molar-refractivity contribution in [2.24, 2.45) is 0 Å². The van der Waals surface area contributed by atoms with E-state index in [9.17, 15) is 5.11 Å². The zero-order valence-corrected chi connectivity index (χ0v) is 11.0. The van der Waals surface area contributed by atoms with Crippen molar-refractivity contribution in [1.82, 2.24) is 0 Å². The highest BCUT2D eigenvalue weighted by molar-refractivity contribution is 6.30. The van der Waals surface area contributed by atoms with Gasteiger partial charge in [0, 0.05) is 10.7 Å². The minimum absolute atomic E-state index is 0.129.